The highest BCUT2D eigenvalue weighted by Gasteiger charge is 2.25. The third-order valence-electron chi connectivity index (χ3n) is 2.30. The van der Waals surface area contributed by atoms with Crippen molar-refractivity contribution in [3.05, 3.63) is 23.8 Å². The Balaban J connectivity index is 2.26. The Morgan fingerprint density at radius 1 is 1.57 bits per heavy atom. The van der Waals surface area contributed by atoms with Crippen LogP contribution >= 0.6 is 11.8 Å². The van der Waals surface area contributed by atoms with Crippen LogP contribution in [-0.4, -0.2) is 21.9 Å². The molecule has 74 valence electrons. The van der Waals surface area contributed by atoms with E-state index in [0.717, 1.165) is 16.2 Å². The summed E-state index contributed by atoms with van der Waals surface area (Å²) >= 11 is 1.61. The monoisotopic (exact) mass is 210 g/mol. The zero-order valence-corrected chi connectivity index (χ0v) is 8.25. The lowest BCUT2D eigenvalue weighted by Gasteiger charge is -2.06. The second-order valence-electron chi connectivity index (χ2n) is 3.33. The van der Waals surface area contributed by atoms with Crippen LogP contribution < -0.4 is 0 Å². The van der Waals surface area contributed by atoms with Crippen molar-refractivity contribution in [3.63, 3.8) is 0 Å². The second kappa shape index (κ2) is 3.53. The van der Waals surface area contributed by atoms with E-state index >= 15 is 0 Å². The van der Waals surface area contributed by atoms with E-state index in [9.17, 15) is 9.90 Å². The van der Waals surface area contributed by atoms with E-state index in [4.69, 9.17) is 5.11 Å². The van der Waals surface area contributed by atoms with Gasteiger partial charge in [0.05, 0.1) is 6.42 Å². The van der Waals surface area contributed by atoms with Gasteiger partial charge in [-0.3, -0.25) is 4.79 Å². The SMILES string of the molecule is O=C(O)CC1CSc2cc(O)ccc21. The van der Waals surface area contributed by atoms with Crippen molar-refractivity contribution in [1.29, 1.82) is 0 Å². The first kappa shape index (κ1) is 9.40. The molecule has 0 aliphatic carbocycles. The van der Waals surface area contributed by atoms with Gasteiger partial charge in [-0.25, -0.2) is 0 Å². The van der Waals surface area contributed by atoms with E-state index in [2.05, 4.69) is 0 Å². The Hall–Kier alpha value is -1.16. The van der Waals surface area contributed by atoms with Crippen molar-refractivity contribution in [1.82, 2.24) is 0 Å². The maximum atomic E-state index is 10.6. The number of fused-ring (bicyclic) bond motifs is 1. The first-order chi connectivity index (χ1) is 6.66. The summed E-state index contributed by atoms with van der Waals surface area (Å²) in [6.07, 6.45) is 0.171. The van der Waals surface area contributed by atoms with Crippen LogP contribution in [-0.2, 0) is 4.79 Å². The number of thioether (sulfide) groups is 1. The highest BCUT2D eigenvalue weighted by Crippen LogP contribution is 2.42. The number of aliphatic carboxylic acids is 1. The Bertz CT molecular complexity index is 376. The Kier molecular flexibility index (Phi) is 2.37. The summed E-state index contributed by atoms with van der Waals surface area (Å²) in [7, 11) is 0. The average Bonchev–Trinajstić information content (AvgIpc) is 2.47. The molecule has 2 rings (SSSR count). The lowest BCUT2D eigenvalue weighted by atomic mass is 9.98. The van der Waals surface area contributed by atoms with Crippen LogP contribution in [0.5, 0.6) is 5.75 Å². The standard InChI is InChI=1S/C10H10O3S/c11-7-1-2-8-6(3-10(12)13)5-14-9(8)4-7/h1-2,4,6,11H,3,5H2,(H,12,13). The predicted molar refractivity (Wildman–Crippen MR) is 53.8 cm³/mol. The normalized spacial score (nSPS) is 19.3. The topological polar surface area (TPSA) is 57.5 Å². The molecule has 1 aliphatic rings. The number of phenolic OH excluding ortho intramolecular Hbond substituents is 1. The minimum absolute atomic E-state index is 0.0908. The molecule has 1 atom stereocenters. The third-order valence-corrected chi connectivity index (χ3v) is 3.53. The molecule has 1 aromatic carbocycles. The summed E-state index contributed by atoms with van der Waals surface area (Å²) in [5.41, 5.74) is 1.05. The first-order valence-corrected chi connectivity index (χ1v) is 5.33. The zero-order valence-electron chi connectivity index (χ0n) is 7.43. The molecule has 0 aromatic heterocycles. The molecular weight excluding hydrogens is 200 g/mol. The average molecular weight is 210 g/mol. The Morgan fingerprint density at radius 2 is 2.36 bits per heavy atom. The number of carboxylic acids is 1. The molecule has 0 fully saturated rings. The van der Waals surface area contributed by atoms with Crippen LogP contribution in [0, 0.1) is 0 Å². The summed E-state index contributed by atoms with van der Waals surface area (Å²) in [6.45, 7) is 0. The van der Waals surface area contributed by atoms with Gasteiger partial charge in [0.15, 0.2) is 0 Å². The van der Waals surface area contributed by atoms with Gasteiger partial charge in [0.25, 0.3) is 0 Å². The van der Waals surface area contributed by atoms with Crippen molar-refractivity contribution < 1.29 is 15.0 Å². The number of hydrogen-bond acceptors (Lipinski definition) is 3. The number of aromatic hydroxyl groups is 1. The highest BCUT2D eigenvalue weighted by molar-refractivity contribution is 7.99. The van der Waals surface area contributed by atoms with E-state index in [-0.39, 0.29) is 18.1 Å². The van der Waals surface area contributed by atoms with Gasteiger partial charge in [-0.1, -0.05) is 6.07 Å². The van der Waals surface area contributed by atoms with Gasteiger partial charge < -0.3 is 10.2 Å². The van der Waals surface area contributed by atoms with Crippen molar-refractivity contribution >= 4 is 17.7 Å². The van der Waals surface area contributed by atoms with E-state index in [1.807, 2.05) is 6.07 Å². The van der Waals surface area contributed by atoms with Crippen LogP contribution in [0.15, 0.2) is 23.1 Å². The van der Waals surface area contributed by atoms with Crippen molar-refractivity contribution in [2.75, 3.05) is 5.75 Å². The zero-order chi connectivity index (χ0) is 10.1. The lowest BCUT2D eigenvalue weighted by Crippen LogP contribution is -2.05. The molecule has 4 heteroatoms. The molecule has 0 amide bonds. The van der Waals surface area contributed by atoms with Gasteiger partial charge in [-0.15, -0.1) is 11.8 Å². The van der Waals surface area contributed by atoms with E-state index < -0.39 is 5.97 Å². The summed E-state index contributed by atoms with van der Waals surface area (Å²) in [4.78, 5) is 11.6. The number of carbonyl (C=O) groups is 1. The van der Waals surface area contributed by atoms with Gasteiger partial charge >= 0.3 is 5.97 Å². The lowest BCUT2D eigenvalue weighted by molar-refractivity contribution is -0.137. The number of hydrogen-bond donors (Lipinski definition) is 2. The molecule has 1 aliphatic heterocycles. The number of phenols is 1. The van der Waals surface area contributed by atoms with Crippen LogP contribution in [0.2, 0.25) is 0 Å². The number of carboxylic acid groups (broad SMARTS) is 1. The fourth-order valence-electron chi connectivity index (χ4n) is 1.65. The number of rotatable bonds is 2. The molecule has 1 aromatic rings. The predicted octanol–water partition coefficient (Wildman–Crippen LogP) is 2.06. The summed E-state index contributed by atoms with van der Waals surface area (Å²) in [5.74, 6) is 0.363. The molecule has 1 heterocycles. The van der Waals surface area contributed by atoms with Crippen LogP contribution in [0.3, 0.4) is 0 Å². The fourth-order valence-corrected chi connectivity index (χ4v) is 2.93. The highest BCUT2D eigenvalue weighted by atomic mass is 32.2. The quantitative estimate of drug-likeness (QED) is 0.784. The van der Waals surface area contributed by atoms with Gasteiger partial charge in [0, 0.05) is 16.6 Å². The van der Waals surface area contributed by atoms with E-state index in [0.29, 0.717) is 0 Å². The molecule has 1 unspecified atom stereocenters. The van der Waals surface area contributed by atoms with Gasteiger partial charge in [-0.2, -0.15) is 0 Å². The van der Waals surface area contributed by atoms with Gasteiger partial charge in [0.2, 0.25) is 0 Å². The summed E-state index contributed by atoms with van der Waals surface area (Å²) < 4.78 is 0. The summed E-state index contributed by atoms with van der Waals surface area (Å²) in [5, 5.41) is 17.9. The summed E-state index contributed by atoms with van der Waals surface area (Å²) in [6, 6.07) is 5.12. The molecular formula is C10H10O3S. The van der Waals surface area contributed by atoms with Crippen molar-refractivity contribution in [2.45, 2.75) is 17.2 Å². The molecule has 14 heavy (non-hydrogen) atoms. The van der Waals surface area contributed by atoms with Crippen LogP contribution in [0.25, 0.3) is 0 Å². The van der Waals surface area contributed by atoms with Crippen molar-refractivity contribution in [3.8, 4) is 5.75 Å². The minimum atomic E-state index is -0.767. The first-order valence-electron chi connectivity index (χ1n) is 4.34. The van der Waals surface area contributed by atoms with Gasteiger partial charge in [0.1, 0.15) is 5.75 Å². The number of benzene rings is 1. The maximum Gasteiger partial charge on any atom is 0.303 e. The van der Waals surface area contributed by atoms with E-state index in [1.54, 1.807) is 23.9 Å². The second-order valence-corrected chi connectivity index (χ2v) is 4.39. The molecule has 0 saturated heterocycles. The third kappa shape index (κ3) is 1.70. The van der Waals surface area contributed by atoms with Crippen LogP contribution in [0.1, 0.15) is 17.9 Å². The van der Waals surface area contributed by atoms with E-state index in [1.165, 1.54) is 0 Å². The van der Waals surface area contributed by atoms with Crippen LogP contribution in [0.4, 0.5) is 0 Å². The molecule has 0 saturated carbocycles. The molecule has 0 bridgehead atoms. The molecule has 0 spiro atoms. The largest absolute Gasteiger partial charge is 0.508 e. The molecule has 3 nitrogen and oxygen atoms in total. The molecule has 0 radical (unpaired) electrons. The Morgan fingerprint density at radius 3 is 3.07 bits per heavy atom. The fraction of sp³-hybridized carbons (Fsp3) is 0.300. The van der Waals surface area contributed by atoms with Gasteiger partial charge in [-0.05, 0) is 17.7 Å². The Labute approximate surface area is 85.8 Å². The maximum absolute atomic E-state index is 10.6. The molecule has 2 N–H and O–H groups in total. The minimum Gasteiger partial charge on any atom is -0.508 e. The van der Waals surface area contributed by atoms with Crippen molar-refractivity contribution in [2.24, 2.45) is 0 Å². The smallest absolute Gasteiger partial charge is 0.303 e.